The van der Waals surface area contributed by atoms with Gasteiger partial charge in [-0.2, -0.15) is 5.10 Å². The first-order chi connectivity index (χ1) is 10.8. The van der Waals surface area contributed by atoms with Gasteiger partial charge in [-0.15, -0.1) is 0 Å². The Hall–Kier alpha value is -2.61. The molecular weight excluding hydrogens is 324 g/mol. The van der Waals surface area contributed by atoms with Crippen molar-refractivity contribution in [2.75, 3.05) is 5.32 Å². The van der Waals surface area contributed by atoms with Crippen LogP contribution in [0.5, 0.6) is 5.75 Å². The summed E-state index contributed by atoms with van der Waals surface area (Å²) in [6, 6.07) is 4.90. The number of hydrogen-bond acceptors (Lipinski definition) is 5. The molecule has 1 N–H and O–H groups in total. The minimum Gasteiger partial charge on any atom is -0.489 e. The molecule has 0 aliphatic rings. The summed E-state index contributed by atoms with van der Waals surface area (Å²) in [6.45, 7) is 3.63. The highest BCUT2D eigenvalue weighted by Gasteiger charge is 2.12. The molecule has 1 amide bonds. The molecular formula is C14H15ClN4O4. The summed E-state index contributed by atoms with van der Waals surface area (Å²) in [7, 11) is 0. The lowest BCUT2D eigenvalue weighted by Crippen LogP contribution is -2.19. The molecule has 2 aromatic rings. The Morgan fingerprint density at radius 1 is 1.52 bits per heavy atom. The van der Waals surface area contributed by atoms with E-state index in [0.29, 0.717) is 16.5 Å². The van der Waals surface area contributed by atoms with E-state index in [4.69, 9.17) is 16.3 Å². The predicted molar refractivity (Wildman–Crippen MR) is 84.7 cm³/mol. The third-order valence-electron chi connectivity index (χ3n) is 2.71. The normalized spacial score (nSPS) is 10.6. The molecule has 9 heteroatoms. The monoisotopic (exact) mass is 338 g/mol. The maximum Gasteiger partial charge on any atom is 0.307 e. The number of anilines is 1. The van der Waals surface area contributed by atoms with E-state index >= 15 is 0 Å². The first-order valence-corrected chi connectivity index (χ1v) is 7.16. The zero-order valence-corrected chi connectivity index (χ0v) is 13.3. The molecule has 8 nitrogen and oxygen atoms in total. The number of halogens is 1. The van der Waals surface area contributed by atoms with Gasteiger partial charge in [-0.25, -0.2) is 0 Å². The highest BCUT2D eigenvalue weighted by atomic mass is 35.5. The Morgan fingerprint density at radius 2 is 2.26 bits per heavy atom. The second-order valence-electron chi connectivity index (χ2n) is 5.01. The summed E-state index contributed by atoms with van der Waals surface area (Å²) < 4.78 is 6.69. The van der Waals surface area contributed by atoms with Gasteiger partial charge in [0.25, 0.3) is 0 Å². The second kappa shape index (κ2) is 7.10. The number of carbonyl (C=O) groups is 1. The van der Waals surface area contributed by atoms with Gasteiger partial charge in [0.15, 0.2) is 0 Å². The van der Waals surface area contributed by atoms with E-state index in [2.05, 4.69) is 10.4 Å². The first-order valence-electron chi connectivity index (χ1n) is 6.78. The lowest BCUT2D eigenvalue weighted by molar-refractivity contribution is -0.385. The lowest BCUT2D eigenvalue weighted by Gasteiger charge is -2.12. The fraction of sp³-hybridized carbons (Fsp3) is 0.286. The number of benzene rings is 1. The number of hydrogen-bond donors (Lipinski definition) is 1. The standard InChI is InChI=1S/C14H15ClN4O4/c1-9(2)23-13-4-3-10(5-12(13)15)17-14(20)8-18-7-11(6-16-18)19(21)22/h3-7,9H,8H2,1-2H3,(H,17,20). The second-order valence-corrected chi connectivity index (χ2v) is 5.42. The Bertz CT molecular complexity index is 729. The molecule has 0 bridgehead atoms. The van der Waals surface area contributed by atoms with Crippen molar-refractivity contribution in [2.24, 2.45) is 0 Å². The molecule has 0 aliphatic carbocycles. The fourth-order valence-corrected chi connectivity index (χ4v) is 2.03. The van der Waals surface area contributed by atoms with Crippen LogP contribution >= 0.6 is 11.6 Å². The number of nitro groups is 1. The van der Waals surface area contributed by atoms with Crippen LogP contribution in [-0.2, 0) is 11.3 Å². The van der Waals surface area contributed by atoms with E-state index in [-0.39, 0.29) is 24.2 Å². The van der Waals surface area contributed by atoms with E-state index in [9.17, 15) is 14.9 Å². The van der Waals surface area contributed by atoms with Crippen molar-refractivity contribution < 1.29 is 14.5 Å². The van der Waals surface area contributed by atoms with E-state index in [0.717, 1.165) is 6.20 Å². The molecule has 0 saturated carbocycles. The molecule has 122 valence electrons. The molecule has 1 aromatic carbocycles. The van der Waals surface area contributed by atoms with Crippen LogP contribution in [-0.4, -0.2) is 26.7 Å². The van der Waals surface area contributed by atoms with Gasteiger partial charge >= 0.3 is 5.69 Å². The quantitative estimate of drug-likeness (QED) is 0.645. The first kappa shape index (κ1) is 16.8. The minimum atomic E-state index is -0.575. The average Bonchev–Trinajstić information content (AvgIpc) is 2.90. The summed E-state index contributed by atoms with van der Waals surface area (Å²) >= 11 is 6.09. The van der Waals surface area contributed by atoms with Crippen LogP contribution in [0.1, 0.15) is 13.8 Å². The van der Waals surface area contributed by atoms with Gasteiger partial charge in [0, 0.05) is 5.69 Å². The number of nitrogens with zero attached hydrogens (tertiary/aromatic N) is 3. The maximum absolute atomic E-state index is 11.9. The molecule has 0 aliphatic heterocycles. The SMILES string of the molecule is CC(C)Oc1ccc(NC(=O)Cn2cc([N+](=O)[O-])cn2)cc1Cl. The van der Waals surface area contributed by atoms with Gasteiger partial charge < -0.3 is 10.1 Å². The van der Waals surface area contributed by atoms with Crippen LogP contribution in [0.4, 0.5) is 11.4 Å². The number of amides is 1. The van der Waals surface area contributed by atoms with Crippen LogP contribution in [0.15, 0.2) is 30.6 Å². The number of ether oxygens (including phenoxy) is 1. The molecule has 0 saturated heterocycles. The Labute approximate surface area is 137 Å². The van der Waals surface area contributed by atoms with Crippen LogP contribution in [0.3, 0.4) is 0 Å². The van der Waals surface area contributed by atoms with E-state index in [1.807, 2.05) is 13.8 Å². The summed E-state index contributed by atoms with van der Waals surface area (Å²) in [5.41, 5.74) is 0.328. The number of carbonyl (C=O) groups excluding carboxylic acids is 1. The van der Waals surface area contributed by atoms with Crippen molar-refractivity contribution in [1.29, 1.82) is 0 Å². The smallest absolute Gasteiger partial charge is 0.307 e. The largest absolute Gasteiger partial charge is 0.489 e. The predicted octanol–water partition coefficient (Wildman–Crippen LogP) is 2.87. The van der Waals surface area contributed by atoms with Crippen LogP contribution in [0, 0.1) is 10.1 Å². The van der Waals surface area contributed by atoms with Gasteiger partial charge in [-0.3, -0.25) is 19.6 Å². The zero-order chi connectivity index (χ0) is 17.0. The van der Waals surface area contributed by atoms with Crippen molar-refractivity contribution in [1.82, 2.24) is 9.78 Å². The van der Waals surface area contributed by atoms with E-state index in [1.54, 1.807) is 18.2 Å². The van der Waals surface area contributed by atoms with Crippen molar-refractivity contribution in [3.05, 3.63) is 45.7 Å². The molecule has 23 heavy (non-hydrogen) atoms. The summed E-state index contributed by atoms with van der Waals surface area (Å²) in [5.74, 6) is 0.152. The van der Waals surface area contributed by atoms with Gasteiger partial charge in [0.05, 0.1) is 16.0 Å². The van der Waals surface area contributed by atoms with Crippen LogP contribution in [0.25, 0.3) is 0 Å². The summed E-state index contributed by atoms with van der Waals surface area (Å²) in [4.78, 5) is 21.9. The molecule has 0 unspecified atom stereocenters. The van der Waals surface area contributed by atoms with Gasteiger partial charge in [0.2, 0.25) is 5.91 Å². The van der Waals surface area contributed by atoms with Crippen molar-refractivity contribution in [2.45, 2.75) is 26.5 Å². The van der Waals surface area contributed by atoms with Gasteiger partial charge in [-0.05, 0) is 32.0 Å². The lowest BCUT2D eigenvalue weighted by atomic mass is 10.3. The highest BCUT2D eigenvalue weighted by Crippen LogP contribution is 2.28. The average molecular weight is 339 g/mol. The molecule has 0 spiro atoms. The number of nitrogens with one attached hydrogen (secondary N) is 1. The Kier molecular flexibility index (Phi) is 5.17. The Balaban J connectivity index is 1.99. The van der Waals surface area contributed by atoms with E-state index < -0.39 is 4.92 Å². The molecule has 0 fully saturated rings. The third-order valence-corrected chi connectivity index (χ3v) is 3.01. The molecule has 0 atom stereocenters. The minimum absolute atomic E-state index is 0.0106. The maximum atomic E-state index is 11.9. The number of aromatic nitrogens is 2. The van der Waals surface area contributed by atoms with Gasteiger partial charge in [0.1, 0.15) is 24.7 Å². The fourth-order valence-electron chi connectivity index (χ4n) is 1.81. The number of rotatable bonds is 6. The summed E-state index contributed by atoms with van der Waals surface area (Å²) in [5, 5.41) is 17.3. The zero-order valence-electron chi connectivity index (χ0n) is 12.5. The van der Waals surface area contributed by atoms with Crippen molar-refractivity contribution in [3.63, 3.8) is 0 Å². The van der Waals surface area contributed by atoms with Crippen molar-refractivity contribution in [3.8, 4) is 5.75 Å². The molecule has 1 heterocycles. The molecule has 1 aromatic heterocycles. The molecule has 2 rings (SSSR count). The third kappa shape index (κ3) is 4.68. The topological polar surface area (TPSA) is 99.3 Å². The molecule has 0 radical (unpaired) electrons. The highest BCUT2D eigenvalue weighted by molar-refractivity contribution is 6.32. The van der Waals surface area contributed by atoms with Crippen molar-refractivity contribution >= 4 is 28.9 Å². The summed E-state index contributed by atoms with van der Waals surface area (Å²) in [6.07, 6.45) is 2.26. The van der Waals surface area contributed by atoms with Crippen LogP contribution in [0.2, 0.25) is 5.02 Å². The van der Waals surface area contributed by atoms with Gasteiger partial charge in [-0.1, -0.05) is 11.6 Å². The Morgan fingerprint density at radius 3 is 2.83 bits per heavy atom. The van der Waals surface area contributed by atoms with Crippen LogP contribution < -0.4 is 10.1 Å². The van der Waals surface area contributed by atoms with E-state index in [1.165, 1.54) is 10.9 Å².